The summed E-state index contributed by atoms with van der Waals surface area (Å²) in [5.41, 5.74) is 1.38. The third-order valence-corrected chi connectivity index (χ3v) is 5.46. The SMILES string of the molecule is CCCc1c2nc(C(=O)OC)cc(SCC)c2cc2c(=O)cc(C(=O)OCC)oc12. The second kappa shape index (κ2) is 9.30. The lowest BCUT2D eigenvalue weighted by atomic mass is 10.0. The number of rotatable bonds is 7. The molecule has 0 aliphatic rings. The van der Waals surface area contributed by atoms with E-state index in [0.717, 1.165) is 28.5 Å². The molecule has 0 aliphatic heterocycles. The van der Waals surface area contributed by atoms with Crippen molar-refractivity contribution in [1.29, 1.82) is 0 Å². The second-order valence-corrected chi connectivity index (χ2v) is 7.81. The van der Waals surface area contributed by atoms with Crippen LogP contribution in [0.3, 0.4) is 0 Å². The molecule has 158 valence electrons. The number of carbonyl (C=O) groups is 2. The van der Waals surface area contributed by atoms with Crippen molar-refractivity contribution in [2.75, 3.05) is 19.5 Å². The predicted molar refractivity (Wildman–Crippen MR) is 115 cm³/mol. The van der Waals surface area contributed by atoms with Crippen molar-refractivity contribution in [3.05, 3.63) is 45.4 Å². The van der Waals surface area contributed by atoms with Crippen LogP contribution in [0.5, 0.6) is 0 Å². The van der Waals surface area contributed by atoms with E-state index < -0.39 is 11.9 Å². The van der Waals surface area contributed by atoms with Crippen LogP contribution in [0.25, 0.3) is 21.9 Å². The summed E-state index contributed by atoms with van der Waals surface area (Å²) in [5, 5.41) is 1.13. The number of hydrogen-bond acceptors (Lipinski definition) is 8. The fourth-order valence-electron chi connectivity index (χ4n) is 3.29. The summed E-state index contributed by atoms with van der Waals surface area (Å²) in [6.07, 6.45) is 1.30. The molecule has 0 amide bonds. The van der Waals surface area contributed by atoms with Gasteiger partial charge in [-0.15, -0.1) is 11.8 Å². The van der Waals surface area contributed by atoms with Gasteiger partial charge in [-0.2, -0.15) is 0 Å². The highest BCUT2D eigenvalue weighted by atomic mass is 32.2. The molecule has 0 unspecified atom stereocenters. The molecule has 0 fully saturated rings. The Balaban J connectivity index is 2.44. The van der Waals surface area contributed by atoms with E-state index in [0.29, 0.717) is 28.5 Å². The molecule has 0 spiro atoms. The van der Waals surface area contributed by atoms with Crippen molar-refractivity contribution in [2.24, 2.45) is 0 Å². The first-order valence-electron chi connectivity index (χ1n) is 9.77. The topological polar surface area (TPSA) is 95.7 Å². The molecule has 2 aromatic heterocycles. The number of thioether (sulfide) groups is 1. The standard InChI is InChI=1S/C22H23NO6S/c1-5-8-12-19-14(18(30-7-3)10-15(23-19)21(25)27-4)9-13-16(24)11-17(29-20(12)13)22(26)28-6-2/h9-11H,5-8H2,1-4H3. The van der Waals surface area contributed by atoms with Gasteiger partial charge in [-0.25, -0.2) is 14.6 Å². The van der Waals surface area contributed by atoms with E-state index in [1.54, 1.807) is 30.8 Å². The van der Waals surface area contributed by atoms with Crippen LogP contribution < -0.4 is 5.43 Å². The van der Waals surface area contributed by atoms with E-state index in [1.165, 1.54) is 7.11 Å². The van der Waals surface area contributed by atoms with Crippen LogP contribution in [0.15, 0.2) is 32.3 Å². The lowest BCUT2D eigenvalue weighted by Crippen LogP contribution is -2.12. The number of esters is 2. The average Bonchev–Trinajstić information content (AvgIpc) is 2.74. The second-order valence-electron chi connectivity index (χ2n) is 6.50. The highest BCUT2D eigenvalue weighted by Crippen LogP contribution is 2.34. The van der Waals surface area contributed by atoms with Gasteiger partial charge in [-0.1, -0.05) is 20.3 Å². The first kappa shape index (κ1) is 21.8. The quantitative estimate of drug-likeness (QED) is 0.310. The summed E-state index contributed by atoms with van der Waals surface area (Å²) in [5.74, 6) is -0.618. The number of aryl methyl sites for hydroxylation is 1. The minimum Gasteiger partial charge on any atom is -0.464 e. The van der Waals surface area contributed by atoms with Crippen molar-refractivity contribution in [3.63, 3.8) is 0 Å². The molecule has 8 heteroatoms. The smallest absolute Gasteiger partial charge is 0.374 e. The van der Waals surface area contributed by atoms with Crippen LogP contribution in [-0.4, -0.2) is 36.4 Å². The highest BCUT2D eigenvalue weighted by molar-refractivity contribution is 7.99. The van der Waals surface area contributed by atoms with Crippen LogP contribution in [0, 0.1) is 0 Å². The van der Waals surface area contributed by atoms with Gasteiger partial charge in [0.2, 0.25) is 5.76 Å². The number of ether oxygens (including phenoxy) is 2. The van der Waals surface area contributed by atoms with Crippen LogP contribution in [0.1, 0.15) is 53.8 Å². The third kappa shape index (κ3) is 4.05. The molecule has 0 bridgehead atoms. The molecule has 2 heterocycles. The normalized spacial score (nSPS) is 11.1. The van der Waals surface area contributed by atoms with Crippen molar-refractivity contribution >= 4 is 45.6 Å². The van der Waals surface area contributed by atoms with Gasteiger partial charge >= 0.3 is 11.9 Å². The molecule has 0 N–H and O–H groups in total. The molecule has 0 aliphatic carbocycles. The Morgan fingerprint density at radius 2 is 1.87 bits per heavy atom. The Labute approximate surface area is 177 Å². The van der Waals surface area contributed by atoms with E-state index in [-0.39, 0.29) is 23.5 Å². The number of hydrogen-bond donors (Lipinski definition) is 0. The van der Waals surface area contributed by atoms with Crippen molar-refractivity contribution in [1.82, 2.24) is 4.98 Å². The summed E-state index contributed by atoms with van der Waals surface area (Å²) < 4.78 is 15.7. The van der Waals surface area contributed by atoms with Gasteiger partial charge in [-0.05, 0) is 31.2 Å². The minimum atomic E-state index is -0.697. The molecule has 30 heavy (non-hydrogen) atoms. The van der Waals surface area contributed by atoms with Crippen LogP contribution in [0.4, 0.5) is 0 Å². The Morgan fingerprint density at radius 1 is 1.10 bits per heavy atom. The minimum absolute atomic E-state index is 0.154. The fourth-order valence-corrected chi connectivity index (χ4v) is 4.10. The fraction of sp³-hybridized carbons (Fsp3) is 0.364. The largest absolute Gasteiger partial charge is 0.464 e. The maximum atomic E-state index is 12.8. The van der Waals surface area contributed by atoms with Crippen LogP contribution >= 0.6 is 11.8 Å². The van der Waals surface area contributed by atoms with E-state index in [2.05, 4.69) is 4.98 Å². The Morgan fingerprint density at radius 3 is 2.50 bits per heavy atom. The first-order valence-corrected chi connectivity index (χ1v) is 10.8. The van der Waals surface area contributed by atoms with Crippen LogP contribution in [-0.2, 0) is 15.9 Å². The Kier molecular flexibility index (Phi) is 6.77. The van der Waals surface area contributed by atoms with Crippen molar-refractivity contribution < 1.29 is 23.5 Å². The van der Waals surface area contributed by atoms with E-state index in [4.69, 9.17) is 13.9 Å². The first-order chi connectivity index (χ1) is 14.4. The average molecular weight is 429 g/mol. The summed E-state index contributed by atoms with van der Waals surface area (Å²) in [4.78, 5) is 42.5. The molecule has 0 atom stereocenters. The van der Waals surface area contributed by atoms with Crippen molar-refractivity contribution in [3.8, 4) is 0 Å². The monoisotopic (exact) mass is 429 g/mol. The maximum absolute atomic E-state index is 12.8. The number of benzene rings is 1. The summed E-state index contributed by atoms with van der Waals surface area (Å²) >= 11 is 1.55. The molecule has 7 nitrogen and oxygen atoms in total. The maximum Gasteiger partial charge on any atom is 0.374 e. The molecule has 0 radical (unpaired) electrons. The zero-order valence-corrected chi connectivity index (χ0v) is 18.2. The number of methoxy groups -OCH3 is 1. The van der Waals surface area contributed by atoms with E-state index in [9.17, 15) is 14.4 Å². The van der Waals surface area contributed by atoms with Gasteiger partial charge in [0.15, 0.2) is 5.43 Å². The molecule has 3 aromatic rings. The lowest BCUT2D eigenvalue weighted by Gasteiger charge is -2.14. The van der Waals surface area contributed by atoms with E-state index in [1.807, 2.05) is 13.8 Å². The molecule has 0 saturated heterocycles. The lowest BCUT2D eigenvalue weighted by molar-refractivity contribution is 0.0490. The van der Waals surface area contributed by atoms with Gasteiger partial charge in [0, 0.05) is 21.9 Å². The van der Waals surface area contributed by atoms with Gasteiger partial charge in [-0.3, -0.25) is 4.79 Å². The number of fused-ring (bicyclic) bond motifs is 2. The summed E-state index contributed by atoms with van der Waals surface area (Å²) in [7, 11) is 1.30. The van der Waals surface area contributed by atoms with Crippen LogP contribution in [0.2, 0.25) is 0 Å². The highest BCUT2D eigenvalue weighted by Gasteiger charge is 2.21. The number of nitrogens with zero attached hydrogens (tertiary/aromatic N) is 1. The summed E-state index contributed by atoms with van der Waals surface area (Å²) in [6, 6.07) is 4.56. The number of carbonyl (C=O) groups excluding carboxylic acids is 2. The third-order valence-electron chi connectivity index (χ3n) is 4.52. The molecular weight excluding hydrogens is 406 g/mol. The number of pyridine rings is 1. The molecular formula is C22H23NO6S. The molecule has 1 aromatic carbocycles. The number of aromatic nitrogens is 1. The Hall–Kier alpha value is -2.87. The molecule has 0 saturated carbocycles. The zero-order valence-electron chi connectivity index (χ0n) is 17.4. The predicted octanol–water partition coefficient (Wildman–Crippen LogP) is 4.37. The van der Waals surface area contributed by atoms with Gasteiger partial charge in [0.05, 0.1) is 24.6 Å². The zero-order chi connectivity index (χ0) is 21.8. The van der Waals surface area contributed by atoms with E-state index >= 15 is 0 Å². The Bertz CT molecular complexity index is 1180. The summed E-state index contributed by atoms with van der Waals surface area (Å²) in [6.45, 7) is 5.84. The van der Waals surface area contributed by atoms with Gasteiger partial charge in [0.25, 0.3) is 0 Å². The van der Waals surface area contributed by atoms with Gasteiger partial charge in [0.1, 0.15) is 11.3 Å². The molecule has 3 rings (SSSR count). The van der Waals surface area contributed by atoms with Gasteiger partial charge < -0.3 is 13.9 Å². The van der Waals surface area contributed by atoms with Crippen molar-refractivity contribution in [2.45, 2.75) is 38.5 Å².